The van der Waals surface area contributed by atoms with Crippen molar-refractivity contribution in [1.82, 2.24) is 19.7 Å². The third-order valence-corrected chi connectivity index (χ3v) is 2.22. The van der Waals surface area contributed by atoms with Crippen LogP contribution in [-0.2, 0) is 13.1 Å². The molecule has 0 atom stereocenters. The average molecular weight is 198 g/mol. The minimum absolute atomic E-state index is 0.189. The maximum absolute atomic E-state index is 8.84. The van der Waals surface area contributed by atoms with Crippen molar-refractivity contribution < 1.29 is 5.11 Å². The van der Waals surface area contributed by atoms with E-state index in [1.54, 1.807) is 6.33 Å². The molecule has 0 aliphatic heterocycles. The fraction of sp³-hybridized carbons (Fsp3) is 0.778. The second-order valence-electron chi connectivity index (χ2n) is 3.08. The first-order valence-electron chi connectivity index (χ1n) is 5.01. The van der Waals surface area contributed by atoms with E-state index in [9.17, 15) is 0 Å². The molecule has 0 unspecified atom stereocenters. The van der Waals surface area contributed by atoms with Crippen LogP contribution >= 0.6 is 0 Å². The molecule has 0 spiro atoms. The van der Waals surface area contributed by atoms with Crippen LogP contribution < -0.4 is 0 Å². The molecule has 0 radical (unpaired) electrons. The molecular weight excluding hydrogens is 180 g/mol. The van der Waals surface area contributed by atoms with E-state index in [4.69, 9.17) is 5.11 Å². The van der Waals surface area contributed by atoms with E-state index in [0.29, 0.717) is 6.54 Å². The molecule has 0 saturated carbocycles. The number of aliphatic hydroxyl groups excluding tert-OH is 1. The first-order chi connectivity index (χ1) is 6.81. The highest BCUT2D eigenvalue weighted by atomic mass is 16.3. The van der Waals surface area contributed by atoms with Gasteiger partial charge in [-0.15, -0.1) is 0 Å². The Hall–Kier alpha value is -0.940. The minimum Gasteiger partial charge on any atom is -0.395 e. The van der Waals surface area contributed by atoms with Gasteiger partial charge in [0.1, 0.15) is 12.2 Å². The summed E-state index contributed by atoms with van der Waals surface area (Å²) in [7, 11) is 0. The third kappa shape index (κ3) is 2.78. The Morgan fingerprint density at radius 1 is 1.50 bits per heavy atom. The van der Waals surface area contributed by atoms with Crippen LogP contribution in [0.2, 0.25) is 0 Å². The Morgan fingerprint density at radius 3 is 2.86 bits per heavy atom. The predicted molar refractivity (Wildman–Crippen MR) is 53.7 cm³/mol. The van der Waals surface area contributed by atoms with Gasteiger partial charge in [0.05, 0.1) is 13.2 Å². The first kappa shape index (κ1) is 11.1. The fourth-order valence-corrected chi connectivity index (χ4v) is 1.37. The maximum atomic E-state index is 8.84. The summed E-state index contributed by atoms with van der Waals surface area (Å²) in [4.78, 5) is 6.32. The summed E-state index contributed by atoms with van der Waals surface area (Å²) in [6.45, 7) is 7.50. The van der Waals surface area contributed by atoms with Crippen molar-refractivity contribution in [3.05, 3.63) is 12.2 Å². The van der Waals surface area contributed by atoms with Crippen molar-refractivity contribution in [3.8, 4) is 0 Å². The molecule has 0 amide bonds. The van der Waals surface area contributed by atoms with Gasteiger partial charge in [0, 0.05) is 13.1 Å². The number of hydrogen-bond donors (Lipinski definition) is 1. The van der Waals surface area contributed by atoms with Crippen LogP contribution in [0.15, 0.2) is 6.33 Å². The number of aromatic nitrogens is 3. The van der Waals surface area contributed by atoms with Gasteiger partial charge in [-0.25, -0.2) is 9.67 Å². The highest BCUT2D eigenvalue weighted by Gasteiger charge is 2.07. The first-order valence-corrected chi connectivity index (χ1v) is 5.01. The van der Waals surface area contributed by atoms with Crippen LogP contribution in [0.4, 0.5) is 0 Å². The Labute approximate surface area is 84.4 Å². The third-order valence-electron chi connectivity index (χ3n) is 2.22. The molecule has 0 saturated heterocycles. The zero-order valence-electron chi connectivity index (χ0n) is 8.85. The molecule has 5 nitrogen and oxygen atoms in total. The van der Waals surface area contributed by atoms with Gasteiger partial charge in [-0.2, -0.15) is 5.10 Å². The highest BCUT2D eigenvalue weighted by molar-refractivity contribution is 4.84. The number of aryl methyl sites for hydroxylation is 1. The van der Waals surface area contributed by atoms with E-state index in [0.717, 1.165) is 25.5 Å². The number of hydrogen-bond acceptors (Lipinski definition) is 4. The summed E-state index contributed by atoms with van der Waals surface area (Å²) in [6.07, 6.45) is 1.58. The van der Waals surface area contributed by atoms with Crippen LogP contribution in [-0.4, -0.2) is 44.5 Å². The summed E-state index contributed by atoms with van der Waals surface area (Å²) < 4.78 is 1.88. The number of aliphatic hydroxyl groups is 1. The molecular formula is C9H18N4O. The molecule has 0 bridgehead atoms. The standard InChI is InChI=1S/C9H18N4O/c1-3-12(5-6-14)7-9-10-8-11-13(9)4-2/h8,14H,3-7H2,1-2H3. The highest BCUT2D eigenvalue weighted by Crippen LogP contribution is 2.00. The number of likely N-dealkylation sites (N-methyl/N-ethyl adjacent to an activating group) is 1. The van der Waals surface area contributed by atoms with E-state index in [1.807, 2.05) is 11.6 Å². The maximum Gasteiger partial charge on any atom is 0.140 e. The van der Waals surface area contributed by atoms with Gasteiger partial charge >= 0.3 is 0 Å². The molecule has 14 heavy (non-hydrogen) atoms. The van der Waals surface area contributed by atoms with Crippen molar-refractivity contribution in [2.45, 2.75) is 26.9 Å². The second-order valence-corrected chi connectivity index (χ2v) is 3.08. The van der Waals surface area contributed by atoms with Gasteiger partial charge in [-0.3, -0.25) is 4.90 Å². The molecule has 80 valence electrons. The van der Waals surface area contributed by atoms with Crippen molar-refractivity contribution in [1.29, 1.82) is 0 Å². The van der Waals surface area contributed by atoms with E-state index < -0.39 is 0 Å². The smallest absolute Gasteiger partial charge is 0.140 e. The van der Waals surface area contributed by atoms with Crippen LogP contribution in [0.25, 0.3) is 0 Å². The topological polar surface area (TPSA) is 54.2 Å². The molecule has 5 heteroatoms. The van der Waals surface area contributed by atoms with Crippen molar-refractivity contribution in [3.63, 3.8) is 0 Å². The van der Waals surface area contributed by atoms with Crippen LogP contribution in [0.3, 0.4) is 0 Å². The van der Waals surface area contributed by atoms with Crippen molar-refractivity contribution in [2.24, 2.45) is 0 Å². The average Bonchev–Trinajstić information content (AvgIpc) is 2.64. The molecule has 0 aliphatic carbocycles. The van der Waals surface area contributed by atoms with Gasteiger partial charge in [-0.1, -0.05) is 6.92 Å². The van der Waals surface area contributed by atoms with Crippen molar-refractivity contribution in [2.75, 3.05) is 19.7 Å². The Kier molecular flexibility index (Phi) is 4.55. The normalized spacial score (nSPS) is 11.1. The molecule has 1 rings (SSSR count). The lowest BCUT2D eigenvalue weighted by molar-refractivity contribution is 0.191. The SMILES string of the molecule is CCN(CCO)Cc1ncnn1CC. The number of nitrogens with zero attached hydrogens (tertiary/aromatic N) is 4. The van der Waals surface area contributed by atoms with Gasteiger partial charge in [0.15, 0.2) is 0 Å². The summed E-state index contributed by atoms with van der Waals surface area (Å²) in [5, 5.41) is 12.9. The van der Waals surface area contributed by atoms with Gasteiger partial charge < -0.3 is 5.11 Å². The molecule has 1 aromatic heterocycles. The predicted octanol–water partition coefficient (Wildman–Crippen LogP) is 0.112. The van der Waals surface area contributed by atoms with Crippen LogP contribution in [0.5, 0.6) is 0 Å². The van der Waals surface area contributed by atoms with E-state index in [-0.39, 0.29) is 6.61 Å². The molecule has 0 fully saturated rings. The van der Waals surface area contributed by atoms with Gasteiger partial charge in [0.25, 0.3) is 0 Å². The van der Waals surface area contributed by atoms with E-state index in [1.165, 1.54) is 0 Å². The molecule has 0 aromatic carbocycles. The lowest BCUT2D eigenvalue weighted by Crippen LogP contribution is -2.27. The summed E-state index contributed by atoms with van der Waals surface area (Å²) in [6, 6.07) is 0. The summed E-state index contributed by atoms with van der Waals surface area (Å²) in [5.41, 5.74) is 0. The van der Waals surface area contributed by atoms with Crippen LogP contribution in [0.1, 0.15) is 19.7 Å². The van der Waals surface area contributed by atoms with E-state index >= 15 is 0 Å². The van der Waals surface area contributed by atoms with Gasteiger partial charge in [-0.05, 0) is 13.5 Å². The zero-order valence-corrected chi connectivity index (χ0v) is 8.85. The Morgan fingerprint density at radius 2 is 2.29 bits per heavy atom. The molecule has 1 N–H and O–H groups in total. The summed E-state index contributed by atoms with van der Waals surface area (Å²) >= 11 is 0. The lowest BCUT2D eigenvalue weighted by Gasteiger charge is -2.18. The van der Waals surface area contributed by atoms with E-state index in [2.05, 4.69) is 21.9 Å². The Balaban J connectivity index is 2.56. The fourth-order valence-electron chi connectivity index (χ4n) is 1.37. The quantitative estimate of drug-likeness (QED) is 0.705. The molecule has 1 aromatic rings. The van der Waals surface area contributed by atoms with Gasteiger partial charge in [0.2, 0.25) is 0 Å². The minimum atomic E-state index is 0.189. The number of rotatable bonds is 6. The second kappa shape index (κ2) is 5.72. The monoisotopic (exact) mass is 198 g/mol. The molecule has 0 aliphatic rings. The zero-order chi connectivity index (χ0) is 10.4. The van der Waals surface area contributed by atoms with Crippen LogP contribution in [0, 0.1) is 0 Å². The summed E-state index contributed by atoms with van der Waals surface area (Å²) in [5.74, 6) is 0.961. The lowest BCUT2D eigenvalue weighted by atomic mass is 10.4. The molecule has 1 heterocycles. The largest absolute Gasteiger partial charge is 0.395 e. The Bertz CT molecular complexity index is 261. The van der Waals surface area contributed by atoms with Crippen molar-refractivity contribution >= 4 is 0 Å².